The number of nitrogens with zero attached hydrogens (tertiary/aromatic N) is 1. The molecule has 0 bridgehead atoms. The second-order valence-corrected chi connectivity index (χ2v) is 8.86. The predicted octanol–water partition coefficient (Wildman–Crippen LogP) is 6.12. The molecule has 0 aliphatic carbocycles. The summed E-state index contributed by atoms with van der Waals surface area (Å²) in [4.78, 5) is 16.9. The summed E-state index contributed by atoms with van der Waals surface area (Å²) in [6, 6.07) is 10.7. The molecule has 1 amide bonds. The lowest BCUT2D eigenvalue weighted by molar-refractivity contribution is 0.0978. The van der Waals surface area contributed by atoms with Gasteiger partial charge in [-0.25, -0.2) is 4.98 Å². The average Bonchev–Trinajstić information content (AvgIpc) is 3.11. The molecule has 0 fully saturated rings. The van der Waals surface area contributed by atoms with Crippen molar-refractivity contribution in [2.45, 2.75) is 0 Å². The van der Waals surface area contributed by atoms with E-state index < -0.39 is 5.91 Å². The molecule has 0 aliphatic heterocycles. The van der Waals surface area contributed by atoms with Crippen LogP contribution in [0.1, 0.15) is 10.4 Å². The van der Waals surface area contributed by atoms with Crippen LogP contribution in [0.4, 0.5) is 5.13 Å². The van der Waals surface area contributed by atoms with E-state index in [1.807, 2.05) is 23.6 Å². The third-order valence-electron chi connectivity index (χ3n) is 3.57. The largest absolute Gasteiger partial charge is 0.496 e. The Morgan fingerprint density at radius 2 is 2.04 bits per heavy atom. The number of carbonyl (C=O) groups is 1. The number of hydrogen-bond acceptors (Lipinski definition) is 5. The zero-order valence-electron chi connectivity index (χ0n) is 14.3. The molecule has 1 aromatic heterocycles. The number of methoxy groups -OCH3 is 1. The maximum Gasteiger partial charge on any atom is 0.258 e. The van der Waals surface area contributed by atoms with Crippen LogP contribution in [0.25, 0.3) is 11.3 Å². The van der Waals surface area contributed by atoms with Crippen molar-refractivity contribution in [1.82, 2.24) is 10.3 Å². The molecule has 28 heavy (non-hydrogen) atoms. The Balaban J connectivity index is 1.68. The van der Waals surface area contributed by atoms with Gasteiger partial charge in [0.05, 0.1) is 27.9 Å². The minimum absolute atomic E-state index is 0.137. The van der Waals surface area contributed by atoms with Crippen molar-refractivity contribution in [3.63, 3.8) is 0 Å². The number of nitrogens with one attached hydrogen (secondary N) is 2. The minimum Gasteiger partial charge on any atom is -0.496 e. The van der Waals surface area contributed by atoms with Crippen LogP contribution in [0.2, 0.25) is 5.02 Å². The van der Waals surface area contributed by atoms with Crippen molar-refractivity contribution in [3.05, 3.63) is 61.3 Å². The summed E-state index contributed by atoms with van der Waals surface area (Å²) < 4.78 is 6.82. The monoisotopic (exact) mass is 559 g/mol. The summed E-state index contributed by atoms with van der Waals surface area (Å²) in [5, 5.41) is 8.46. The number of thiocarbonyl (C=S) groups is 1. The van der Waals surface area contributed by atoms with Crippen molar-refractivity contribution in [2.24, 2.45) is 0 Å². The number of ether oxygens (including phenoxy) is 1. The zero-order valence-corrected chi connectivity index (χ0v) is 19.8. The fourth-order valence-corrected chi connectivity index (χ4v) is 4.34. The van der Waals surface area contributed by atoms with E-state index in [2.05, 4.69) is 47.5 Å². The van der Waals surface area contributed by atoms with Crippen molar-refractivity contribution >= 4 is 83.2 Å². The van der Waals surface area contributed by atoms with E-state index in [0.717, 1.165) is 26.0 Å². The number of carbonyl (C=O) groups excluding carboxylic acids is 1. The van der Waals surface area contributed by atoms with Crippen LogP contribution in [0.3, 0.4) is 0 Å². The normalized spacial score (nSPS) is 10.4. The molecule has 144 valence electrons. The van der Waals surface area contributed by atoms with Gasteiger partial charge in [0.2, 0.25) is 0 Å². The van der Waals surface area contributed by atoms with Gasteiger partial charge in [0.1, 0.15) is 5.75 Å². The molecule has 0 saturated carbocycles. The van der Waals surface area contributed by atoms with Crippen LogP contribution >= 0.6 is 67.0 Å². The van der Waals surface area contributed by atoms with Gasteiger partial charge in [-0.2, -0.15) is 0 Å². The molecule has 2 N–H and O–H groups in total. The maximum atomic E-state index is 12.4. The van der Waals surface area contributed by atoms with Crippen molar-refractivity contribution in [2.75, 3.05) is 12.4 Å². The van der Waals surface area contributed by atoms with Crippen molar-refractivity contribution < 1.29 is 9.53 Å². The lowest BCUT2D eigenvalue weighted by Gasteiger charge is -2.08. The zero-order chi connectivity index (χ0) is 20.3. The van der Waals surface area contributed by atoms with E-state index in [-0.39, 0.29) is 5.11 Å². The predicted molar refractivity (Wildman–Crippen MR) is 125 cm³/mol. The molecule has 10 heteroatoms. The van der Waals surface area contributed by atoms with Gasteiger partial charge < -0.3 is 10.1 Å². The summed E-state index contributed by atoms with van der Waals surface area (Å²) >= 11 is 19.4. The molecule has 0 unspecified atom stereocenters. The van der Waals surface area contributed by atoms with Crippen LogP contribution in [0.15, 0.2) is 50.7 Å². The number of thiazole rings is 1. The Morgan fingerprint density at radius 1 is 1.25 bits per heavy atom. The molecule has 3 aromatic rings. The molecule has 0 radical (unpaired) electrons. The minimum atomic E-state index is -0.403. The molecular formula is C18H12Br2ClN3O2S2. The van der Waals surface area contributed by atoms with Crippen LogP contribution < -0.4 is 15.4 Å². The van der Waals surface area contributed by atoms with E-state index in [4.69, 9.17) is 28.6 Å². The van der Waals surface area contributed by atoms with Crippen molar-refractivity contribution in [3.8, 4) is 17.0 Å². The first kappa shape index (κ1) is 21.2. The first-order valence-corrected chi connectivity index (χ1v) is 11.0. The molecule has 5 nitrogen and oxygen atoms in total. The highest BCUT2D eigenvalue weighted by Gasteiger charge is 2.14. The lowest BCUT2D eigenvalue weighted by Crippen LogP contribution is -2.34. The molecule has 1 heterocycles. The first-order valence-electron chi connectivity index (χ1n) is 7.74. The van der Waals surface area contributed by atoms with Gasteiger partial charge in [0.25, 0.3) is 5.91 Å². The smallest absolute Gasteiger partial charge is 0.258 e. The maximum absolute atomic E-state index is 12.4. The molecule has 2 aromatic carbocycles. The van der Waals surface area contributed by atoms with Gasteiger partial charge in [-0.15, -0.1) is 11.3 Å². The van der Waals surface area contributed by atoms with E-state index in [1.165, 1.54) is 11.3 Å². The number of halogens is 3. The third kappa shape index (κ3) is 5.09. The fourth-order valence-electron chi connectivity index (χ4n) is 2.26. The number of rotatable bonds is 4. The summed E-state index contributed by atoms with van der Waals surface area (Å²) in [6.07, 6.45) is 0. The van der Waals surface area contributed by atoms with Gasteiger partial charge in [0.15, 0.2) is 10.2 Å². The molecular weight excluding hydrogens is 550 g/mol. The van der Waals surface area contributed by atoms with Gasteiger partial charge in [-0.1, -0.05) is 27.5 Å². The highest BCUT2D eigenvalue weighted by molar-refractivity contribution is 9.10. The Bertz CT molecular complexity index is 1060. The summed E-state index contributed by atoms with van der Waals surface area (Å²) in [5.74, 6) is 0.340. The highest BCUT2D eigenvalue weighted by Crippen LogP contribution is 2.32. The van der Waals surface area contributed by atoms with Gasteiger partial charge in [0, 0.05) is 15.4 Å². The van der Waals surface area contributed by atoms with Crippen LogP contribution in [-0.2, 0) is 0 Å². The second kappa shape index (κ2) is 9.32. The first-order chi connectivity index (χ1) is 13.4. The van der Waals surface area contributed by atoms with Crippen molar-refractivity contribution in [1.29, 1.82) is 0 Å². The van der Waals surface area contributed by atoms with Gasteiger partial charge in [-0.3, -0.25) is 10.1 Å². The number of benzene rings is 2. The Hall–Kier alpha value is -1.52. The Kier molecular flexibility index (Phi) is 7.05. The van der Waals surface area contributed by atoms with Gasteiger partial charge >= 0.3 is 0 Å². The number of amides is 1. The second-order valence-electron chi connectivity index (χ2n) is 5.42. The quantitative estimate of drug-likeness (QED) is 0.376. The van der Waals surface area contributed by atoms with Crippen LogP contribution in [0.5, 0.6) is 5.75 Å². The molecule has 3 rings (SSSR count). The van der Waals surface area contributed by atoms with E-state index in [9.17, 15) is 4.79 Å². The fraction of sp³-hybridized carbons (Fsp3) is 0.0556. The Labute approximate surface area is 192 Å². The number of anilines is 1. The van der Waals surface area contributed by atoms with Gasteiger partial charge in [-0.05, 0) is 64.5 Å². The number of aromatic nitrogens is 1. The van der Waals surface area contributed by atoms with E-state index >= 15 is 0 Å². The lowest BCUT2D eigenvalue weighted by atomic mass is 10.2. The van der Waals surface area contributed by atoms with E-state index in [1.54, 1.807) is 25.3 Å². The molecule has 0 aliphatic rings. The Morgan fingerprint density at radius 3 is 2.75 bits per heavy atom. The number of hydrogen-bond donors (Lipinski definition) is 2. The third-order valence-corrected chi connectivity index (χ3v) is 5.98. The SMILES string of the molecule is COc1ccc(-c2csc(NC(=S)NC(=O)c3cc(Br)ccc3Cl)n2)cc1Br. The summed E-state index contributed by atoms with van der Waals surface area (Å²) in [7, 11) is 1.61. The molecule has 0 atom stereocenters. The highest BCUT2D eigenvalue weighted by atomic mass is 79.9. The standard InChI is InChI=1S/C18H12Br2ClN3O2S2/c1-26-15-5-2-9(6-12(15)20)14-8-28-18(22-14)24-17(27)23-16(25)11-7-10(19)3-4-13(11)21/h2-8H,1H3,(H2,22,23,24,25,27). The molecule has 0 saturated heterocycles. The van der Waals surface area contributed by atoms with E-state index in [0.29, 0.717) is 15.7 Å². The summed E-state index contributed by atoms with van der Waals surface area (Å²) in [6.45, 7) is 0. The summed E-state index contributed by atoms with van der Waals surface area (Å²) in [5.41, 5.74) is 2.02. The average molecular weight is 562 g/mol. The molecule has 0 spiro atoms. The topological polar surface area (TPSA) is 63.2 Å². The van der Waals surface area contributed by atoms with Crippen LogP contribution in [0, 0.1) is 0 Å². The van der Waals surface area contributed by atoms with Crippen LogP contribution in [-0.4, -0.2) is 23.1 Å².